The first-order valence-corrected chi connectivity index (χ1v) is 17.1. The lowest BCUT2D eigenvalue weighted by molar-refractivity contribution is -0.136. The molecule has 2 saturated carbocycles. The van der Waals surface area contributed by atoms with Gasteiger partial charge in [0.25, 0.3) is 5.91 Å². The van der Waals surface area contributed by atoms with Gasteiger partial charge in [0.2, 0.25) is 17.7 Å². The van der Waals surface area contributed by atoms with E-state index in [2.05, 4.69) is 25.9 Å². The third-order valence-electron chi connectivity index (χ3n) is 10.1. The lowest BCUT2D eigenvalue weighted by Crippen LogP contribution is -2.51. The molecule has 2 heterocycles. The van der Waals surface area contributed by atoms with Crippen LogP contribution in [0, 0.1) is 23.6 Å². The van der Waals surface area contributed by atoms with E-state index in [1.807, 2.05) is 27.9 Å². The number of halogens is 1. The number of hydrogen-bond acceptors (Lipinski definition) is 6. The Balaban J connectivity index is 1.34. The fraction of sp³-hybridized carbons (Fsp3) is 0.629. The second kappa shape index (κ2) is 14.5. The third kappa shape index (κ3) is 8.02. The highest BCUT2D eigenvalue weighted by Gasteiger charge is 2.48. The molecule has 3 N–H and O–H groups in total. The normalized spacial score (nSPS) is 20.0. The lowest BCUT2D eigenvalue weighted by atomic mass is 9.88. The van der Waals surface area contributed by atoms with E-state index in [0.717, 1.165) is 32.1 Å². The average molecular weight is 652 g/mol. The van der Waals surface area contributed by atoms with Crippen LogP contribution in [0.1, 0.15) is 94.2 Å². The minimum absolute atomic E-state index is 0.00315. The predicted molar refractivity (Wildman–Crippen MR) is 177 cm³/mol. The molecule has 1 aromatic heterocycles. The van der Waals surface area contributed by atoms with E-state index >= 15 is 4.39 Å². The van der Waals surface area contributed by atoms with Gasteiger partial charge in [-0.25, -0.2) is 4.39 Å². The minimum atomic E-state index is -0.861. The van der Waals surface area contributed by atoms with Gasteiger partial charge in [-0.3, -0.25) is 23.9 Å². The first kappa shape index (κ1) is 34.5. The van der Waals surface area contributed by atoms with Gasteiger partial charge in [-0.15, -0.1) is 0 Å². The number of carbonyl (C=O) groups excluding carboxylic acids is 4. The molecule has 12 heteroatoms. The highest BCUT2D eigenvalue weighted by Crippen LogP contribution is 2.51. The first-order chi connectivity index (χ1) is 22.4. The van der Waals surface area contributed by atoms with Gasteiger partial charge < -0.3 is 25.8 Å². The molecule has 11 nitrogen and oxygen atoms in total. The van der Waals surface area contributed by atoms with Crippen molar-refractivity contribution in [2.45, 2.75) is 96.3 Å². The molecule has 1 aliphatic heterocycles. The van der Waals surface area contributed by atoms with Crippen molar-refractivity contribution in [3.63, 3.8) is 0 Å². The molecule has 2 aliphatic carbocycles. The number of benzene rings is 1. The van der Waals surface area contributed by atoms with Crippen molar-refractivity contribution in [2.75, 3.05) is 32.5 Å². The Kier molecular flexibility index (Phi) is 10.7. The number of hydrogen-bond donors (Lipinski definition) is 3. The zero-order valence-corrected chi connectivity index (χ0v) is 28.5. The lowest BCUT2D eigenvalue weighted by Gasteiger charge is -2.30. The number of nitrogens with zero attached hydrogens (tertiary/aromatic N) is 4. The molecule has 0 bridgehead atoms. The predicted octanol–water partition coefficient (Wildman–Crippen LogP) is 3.94. The third-order valence-corrected chi connectivity index (χ3v) is 10.1. The summed E-state index contributed by atoms with van der Waals surface area (Å²) in [5, 5.41) is 12.9. The molecule has 5 rings (SSSR count). The average Bonchev–Trinajstić information content (AvgIpc) is 3.95. The highest BCUT2D eigenvalue weighted by atomic mass is 19.1. The molecule has 4 atom stereocenters. The molecule has 256 valence electrons. The molecule has 1 saturated heterocycles. The summed E-state index contributed by atoms with van der Waals surface area (Å²) in [6, 6.07) is 4.65. The summed E-state index contributed by atoms with van der Waals surface area (Å²) in [6.07, 6.45) is 6.66. The SMILES string of the molecule is CCC(=O)N[C@@H](C(=O)N1CC[C@H](N(C)C)C1)[C@@H](C)c1ccc(NC(=O)[C@@H](NC(=O)c2ccnn2C(C)C)C(C2CC2)C2CC2)c(F)c1. The number of aromatic nitrogens is 2. The highest BCUT2D eigenvalue weighted by molar-refractivity contribution is 6.01. The van der Waals surface area contributed by atoms with Gasteiger partial charge in [0, 0.05) is 43.7 Å². The van der Waals surface area contributed by atoms with E-state index in [1.54, 1.807) is 41.8 Å². The molecule has 3 aliphatic rings. The van der Waals surface area contributed by atoms with E-state index in [9.17, 15) is 19.2 Å². The van der Waals surface area contributed by atoms with Gasteiger partial charge >= 0.3 is 0 Å². The van der Waals surface area contributed by atoms with Crippen LogP contribution in [-0.4, -0.2) is 88.5 Å². The maximum Gasteiger partial charge on any atom is 0.270 e. The van der Waals surface area contributed by atoms with Crippen molar-refractivity contribution in [2.24, 2.45) is 17.8 Å². The van der Waals surface area contributed by atoms with Crippen LogP contribution >= 0.6 is 0 Å². The molecule has 2 aromatic rings. The molecule has 0 spiro atoms. The molecule has 0 unspecified atom stereocenters. The maximum absolute atomic E-state index is 15.7. The molecule has 3 fully saturated rings. The summed E-state index contributed by atoms with van der Waals surface area (Å²) in [4.78, 5) is 57.3. The molecule has 0 radical (unpaired) electrons. The van der Waals surface area contributed by atoms with Crippen LogP contribution in [0.3, 0.4) is 0 Å². The smallest absolute Gasteiger partial charge is 0.270 e. The minimum Gasteiger partial charge on any atom is -0.344 e. The van der Waals surface area contributed by atoms with E-state index < -0.39 is 29.7 Å². The van der Waals surface area contributed by atoms with E-state index in [4.69, 9.17) is 0 Å². The Morgan fingerprint density at radius 2 is 1.66 bits per heavy atom. The Hall–Kier alpha value is -3.80. The van der Waals surface area contributed by atoms with E-state index in [1.165, 1.54) is 12.1 Å². The van der Waals surface area contributed by atoms with Crippen molar-refractivity contribution in [1.82, 2.24) is 30.2 Å². The van der Waals surface area contributed by atoms with Gasteiger partial charge in [0.1, 0.15) is 23.6 Å². The molecule has 4 amide bonds. The summed E-state index contributed by atoms with van der Waals surface area (Å²) in [7, 11) is 3.97. The van der Waals surface area contributed by atoms with Crippen molar-refractivity contribution in [3.8, 4) is 0 Å². The molecular formula is C35H50FN7O4. The van der Waals surface area contributed by atoms with Gasteiger partial charge in [-0.2, -0.15) is 5.10 Å². The maximum atomic E-state index is 15.7. The summed E-state index contributed by atoms with van der Waals surface area (Å²) >= 11 is 0. The Bertz CT molecular complexity index is 1460. The van der Waals surface area contributed by atoms with Crippen molar-refractivity contribution in [3.05, 3.63) is 47.5 Å². The summed E-state index contributed by atoms with van der Waals surface area (Å²) < 4.78 is 17.4. The first-order valence-electron chi connectivity index (χ1n) is 17.1. The summed E-state index contributed by atoms with van der Waals surface area (Å²) in [5.41, 5.74) is 0.897. The Morgan fingerprint density at radius 3 is 2.21 bits per heavy atom. The van der Waals surface area contributed by atoms with E-state index in [-0.39, 0.29) is 47.8 Å². The van der Waals surface area contributed by atoms with Crippen LogP contribution in [0.2, 0.25) is 0 Å². The van der Waals surface area contributed by atoms with Crippen LogP contribution < -0.4 is 16.0 Å². The van der Waals surface area contributed by atoms with Crippen LogP contribution in [0.15, 0.2) is 30.5 Å². The zero-order valence-electron chi connectivity index (χ0n) is 28.5. The number of likely N-dealkylation sites (tertiary alicyclic amines) is 1. The van der Waals surface area contributed by atoms with Crippen LogP contribution in [0.4, 0.5) is 10.1 Å². The Morgan fingerprint density at radius 1 is 0.979 bits per heavy atom. The summed E-state index contributed by atoms with van der Waals surface area (Å²) in [5.74, 6) is -1.79. The fourth-order valence-electron chi connectivity index (χ4n) is 6.90. The van der Waals surface area contributed by atoms with Gasteiger partial charge in [-0.05, 0) is 102 Å². The number of anilines is 1. The summed E-state index contributed by atoms with van der Waals surface area (Å²) in [6.45, 7) is 8.54. The van der Waals surface area contributed by atoms with E-state index in [0.29, 0.717) is 36.2 Å². The fourth-order valence-corrected chi connectivity index (χ4v) is 6.90. The monoisotopic (exact) mass is 651 g/mol. The van der Waals surface area contributed by atoms with Crippen molar-refractivity contribution in [1.29, 1.82) is 0 Å². The Labute approximate surface area is 277 Å². The van der Waals surface area contributed by atoms with Gasteiger partial charge in [0.15, 0.2) is 0 Å². The largest absolute Gasteiger partial charge is 0.344 e. The number of nitrogens with one attached hydrogen (secondary N) is 3. The molecule has 1 aromatic carbocycles. The number of rotatable bonds is 14. The topological polar surface area (TPSA) is 129 Å². The number of amides is 4. The molecular weight excluding hydrogens is 601 g/mol. The number of carbonyl (C=O) groups is 4. The van der Waals surface area contributed by atoms with Gasteiger partial charge in [0.05, 0.1) is 5.69 Å². The van der Waals surface area contributed by atoms with Gasteiger partial charge in [-0.1, -0.05) is 19.9 Å². The van der Waals surface area contributed by atoms with Crippen molar-refractivity contribution >= 4 is 29.3 Å². The standard InChI is InChI=1S/C35H50FN7O4/c1-7-29(44)39-31(35(47)42-17-15-25(19-42)41(5)6)21(4)24-12-13-27(26(36)18-24)38-34(46)32(30(22-8-9-22)23-10-11-23)40-33(45)28-14-16-37-43(28)20(2)3/h12-14,16,18,20-23,25,30-32H,7-11,15,17,19H2,1-6H3,(H,38,46)(H,39,44)(H,40,45)/t21-,25-,31+,32-/m0/s1. The second-order valence-corrected chi connectivity index (χ2v) is 14.1. The quantitative estimate of drug-likeness (QED) is 0.284. The zero-order chi connectivity index (χ0) is 34.0. The number of likely N-dealkylation sites (N-methyl/N-ethyl adjacent to an activating group) is 1. The van der Waals surface area contributed by atoms with Crippen LogP contribution in [0.25, 0.3) is 0 Å². The van der Waals surface area contributed by atoms with Crippen LogP contribution in [-0.2, 0) is 14.4 Å². The van der Waals surface area contributed by atoms with Crippen LogP contribution in [0.5, 0.6) is 0 Å². The second-order valence-electron chi connectivity index (χ2n) is 14.1. The molecule has 47 heavy (non-hydrogen) atoms. The van der Waals surface area contributed by atoms with Crippen molar-refractivity contribution < 1.29 is 23.6 Å².